The molecule has 0 saturated carbocycles. The Kier molecular flexibility index (Phi) is 5.25. The van der Waals surface area contributed by atoms with Gasteiger partial charge in [-0.25, -0.2) is 0 Å². The number of amides is 1. The summed E-state index contributed by atoms with van der Waals surface area (Å²) in [6.07, 6.45) is 3.33. The Morgan fingerprint density at radius 2 is 1.93 bits per heavy atom. The second kappa shape index (κ2) is 7.10. The number of alkyl halides is 2. The summed E-state index contributed by atoms with van der Waals surface area (Å²) in [7, 11) is -4.17. The number of hydrogen-bond acceptors (Lipinski definition) is 2. The molecule has 0 radical (unpaired) electrons. The lowest BCUT2D eigenvalue weighted by Crippen LogP contribution is -2.31. The molecule has 0 aromatic carbocycles. The number of carbonyl (C=O) groups excluding carboxylic acids is 1. The summed E-state index contributed by atoms with van der Waals surface area (Å²) in [5.41, 5.74) is 3.29. The zero-order valence-corrected chi connectivity index (χ0v) is 16.8. The molecule has 9 heteroatoms. The first kappa shape index (κ1) is 20.7. The maximum Gasteiger partial charge on any atom is 0.357 e. The van der Waals surface area contributed by atoms with E-state index in [0.717, 1.165) is 10.1 Å². The first-order valence-electron chi connectivity index (χ1n) is 8.94. The summed E-state index contributed by atoms with van der Waals surface area (Å²) < 4.78 is 42.3. The SMILES string of the molecule is CC1=C2C(=Cc3c(C)cc(C)n3C2(F)F)C(CCC(=O)NCCP(=O)(O)O)=C1. The number of nitrogens with zero attached hydrogens (tertiary/aromatic N) is 1. The lowest BCUT2D eigenvalue weighted by atomic mass is 9.93. The van der Waals surface area contributed by atoms with Crippen LogP contribution in [0.3, 0.4) is 0 Å². The third-order valence-electron chi connectivity index (χ3n) is 5.03. The highest BCUT2D eigenvalue weighted by Crippen LogP contribution is 2.50. The Morgan fingerprint density at radius 1 is 1.25 bits per heavy atom. The summed E-state index contributed by atoms with van der Waals surface area (Å²) in [6.45, 7) is 4.96. The molecule has 1 amide bonds. The number of aromatic nitrogens is 1. The number of aryl methyl sites for hydroxylation is 2. The molecule has 2 aliphatic rings. The van der Waals surface area contributed by atoms with Crippen molar-refractivity contribution in [3.63, 3.8) is 0 Å². The van der Waals surface area contributed by atoms with Gasteiger partial charge in [0.2, 0.25) is 5.91 Å². The highest BCUT2D eigenvalue weighted by atomic mass is 31.2. The zero-order valence-electron chi connectivity index (χ0n) is 15.9. The van der Waals surface area contributed by atoms with Gasteiger partial charge in [-0.05, 0) is 61.6 Å². The summed E-state index contributed by atoms with van der Waals surface area (Å²) in [6, 6.07) is -1.43. The number of halogens is 2. The van der Waals surface area contributed by atoms with Crippen LogP contribution in [0.1, 0.15) is 36.7 Å². The van der Waals surface area contributed by atoms with Gasteiger partial charge in [0.25, 0.3) is 0 Å². The van der Waals surface area contributed by atoms with E-state index in [1.165, 1.54) is 0 Å². The Labute approximate surface area is 161 Å². The molecule has 6 nitrogen and oxygen atoms in total. The summed E-state index contributed by atoms with van der Waals surface area (Å²) >= 11 is 0. The highest BCUT2D eigenvalue weighted by Gasteiger charge is 2.46. The molecule has 152 valence electrons. The normalized spacial score (nSPS) is 17.8. The minimum Gasteiger partial charge on any atom is -0.355 e. The van der Waals surface area contributed by atoms with Gasteiger partial charge in [0, 0.05) is 18.7 Å². The standard InChI is InChI=1S/C19H23F2N2O4P/c1-11-8-13(3)23-16(11)10-15-14(9-12(2)18(15)19(23,20)21)4-5-17(24)22-6-7-28(25,26)27/h8-10H,4-7H2,1-3H3,(H,22,24)(H2,25,26,27). The molecule has 28 heavy (non-hydrogen) atoms. The Balaban J connectivity index is 1.76. The molecule has 0 spiro atoms. The van der Waals surface area contributed by atoms with Crippen molar-refractivity contribution in [3.8, 4) is 0 Å². The predicted molar refractivity (Wildman–Crippen MR) is 102 cm³/mol. The van der Waals surface area contributed by atoms with Gasteiger partial charge in [-0.1, -0.05) is 6.08 Å². The number of carbonyl (C=O) groups is 1. The van der Waals surface area contributed by atoms with Crippen LogP contribution in [0.4, 0.5) is 8.78 Å². The van der Waals surface area contributed by atoms with Crippen LogP contribution in [0.15, 0.2) is 34.4 Å². The van der Waals surface area contributed by atoms with Gasteiger partial charge >= 0.3 is 13.6 Å². The van der Waals surface area contributed by atoms with E-state index in [-0.39, 0.29) is 30.9 Å². The van der Waals surface area contributed by atoms with Crippen molar-refractivity contribution in [1.82, 2.24) is 9.88 Å². The molecule has 0 unspecified atom stereocenters. The fourth-order valence-electron chi connectivity index (χ4n) is 3.85. The molecule has 0 fully saturated rings. The van der Waals surface area contributed by atoms with Gasteiger partial charge in [0.05, 0.1) is 17.4 Å². The molecule has 3 N–H and O–H groups in total. The number of fused-ring (bicyclic) bond motifs is 2. The molecule has 1 aliphatic carbocycles. The molecular formula is C19H23F2N2O4P. The smallest absolute Gasteiger partial charge is 0.355 e. The fourth-order valence-corrected chi connectivity index (χ4v) is 4.25. The number of allylic oxidation sites excluding steroid dienone is 5. The highest BCUT2D eigenvalue weighted by molar-refractivity contribution is 7.51. The van der Waals surface area contributed by atoms with Crippen molar-refractivity contribution >= 4 is 19.6 Å². The quantitative estimate of drug-likeness (QED) is 0.625. The topological polar surface area (TPSA) is 91.6 Å². The Hall–Kier alpha value is -2.02. The second-order valence-corrected chi connectivity index (χ2v) is 9.03. The lowest BCUT2D eigenvalue weighted by molar-refractivity contribution is -0.120. The van der Waals surface area contributed by atoms with Crippen LogP contribution in [0.25, 0.3) is 6.08 Å². The average Bonchev–Trinajstić information content (AvgIpc) is 3.02. The van der Waals surface area contributed by atoms with Crippen LogP contribution in [0, 0.1) is 13.8 Å². The zero-order chi connectivity index (χ0) is 20.9. The van der Waals surface area contributed by atoms with E-state index in [1.807, 2.05) is 0 Å². The third-order valence-corrected chi connectivity index (χ3v) is 5.84. The molecule has 1 aromatic heterocycles. The van der Waals surface area contributed by atoms with Gasteiger partial charge in [0.15, 0.2) is 0 Å². The van der Waals surface area contributed by atoms with Gasteiger partial charge in [-0.3, -0.25) is 13.9 Å². The van der Waals surface area contributed by atoms with Crippen LogP contribution in [-0.2, 0) is 15.4 Å². The van der Waals surface area contributed by atoms with Crippen molar-refractivity contribution < 1.29 is 27.9 Å². The first-order chi connectivity index (χ1) is 12.9. The minimum atomic E-state index is -4.17. The average molecular weight is 412 g/mol. The van der Waals surface area contributed by atoms with E-state index in [2.05, 4.69) is 5.32 Å². The maximum atomic E-state index is 15.2. The third kappa shape index (κ3) is 3.77. The maximum absolute atomic E-state index is 15.2. The molecule has 3 rings (SSSR count). The fraction of sp³-hybridized carbons (Fsp3) is 0.421. The van der Waals surface area contributed by atoms with Crippen LogP contribution in [-0.4, -0.2) is 33.0 Å². The van der Waals surface area contributed by atoms with Gasteiger partial charge in [0.1, 0.15) is 0 Å². The van der Waals surface area contributed by atoms with Crippen molar-refractivity contribution in [2.45, 2.75) is 39.7 Å². The molecule has 0 atom stereocenters. The van der Waals surface area contributed by atoms with Gasteiger partial charge in [-0.2, -0.15) is 8.78 Å². The number of hydrogen-bond donors (Lipinski definition) is 3. The van der Waals surface area contributed by atoms with Gasteiger partial charge in [-0.15, -0.1) is 0 Å². The van der Waals surface area contributed by atoms with Crippen molar-refractivity contribution in [2.75, 3.05) is 12.7 Å². The lowest BCUT2D eigenvalue weighted by Gasteiger charge is -2.30. The van der Waals surface area contributed by atoms with Crippen LogP contribution < -0.4 is 5.32 Å². The molecule has 0 saturated heterocycles. The van der Waals surface area contributed by atoms with Crippen LogP contribution in [0.5, 0.6) is 0 Å². The molecule has 0 bridgehead atoms. The second-order valence-electron chi connectivity index (χ2n) is 7.25. The molecule has 1 aliphatic heterocycles. The van der Waals surface area contributed by atoms with Crippen LogP contribution in [0.2, 0.25) is 0 Å². The van der Waals surface area contributed by atoms with Crippen molar-refractivity contribution in [3.05, 3.63) is 51.4 Å². The monoisotopic (exact) mass is 412 g/mol. The van der Waals surface area contributed by atoms with Crippen LogP contribution >= 0.6 is 7.60 Å². The Morgan fingerprint density at radius 3 is 2.57 bits per heavy atom. The van der Waals surface area contributed by atoms with E-state index in [4.69, 9.17) is 9.79 Å². The molecule has 1 aromatic rings. The van der Waals surface area contributed by atoms with E-state index < -0.39 is 19.8 Å². The number of rotatable bonds is 6. The number of nitrogens with one attached hydrogen (secondary N) is 1. The summed E-state index contributed by atoms with van der Waals surface area (Å²) in [4.78, 5) is 29.6. The first-order valence-corrected chi connectivity index (χ1v) is 10.7. The van der Waals surface area contributed by atoms with Crippen molar-refractivity contribution in [1.29, 1.82) is 0 Å². The largest absolute Gasteiger partial charge is 0.357 e. The van der Waals surface area contributed by atoms with E-state index >= 15 is 8.78 Å². The van der Waals surface area contributed by atoms with E-state index in [0.29, 0.717) is 28.1 Å². The molecule has 2 heterocycles. The predicted octanol–water partition coefficient (Wildman–Crippen LogP) is 3.38. The van der Waals surface area contributed by atoms with Gasteiger partial charge < -0.3 is 15.1 Å². The van der Waals surface area contributed by atoms with E-state index in [1.54, 1.807) is 39.0 Å². The summed E-state index contributed by atoms with van der Waals surface area (Å²) in [5, 5.41) is 2.45. The van der Waals surface area contributed by atoms with E-state index in [9.17, 15) is 9.36 Å². The summed E-state index contributed by atoms with van der Waals surface area (Å²) in [5.74, 6) is -0.376. The van der Waals surface area contributed by atoms with Crippen molar-refractivity contribution in [2.24, 2.45) is 0 Å². The molecular weight excluding hydrogens is 389 g/mol. The Bertz CT molecular complexity index is 982. The minimum absolute atomic E-state index is 0.0318.